The first-order chi connectivity index (χ1) is 12.2. The summed E-state index contributed by atoms with van der Waals surface area (Å²) in [5, 5.41) is 3.33. The van der Waals surface area contributed by atoms with Crippen molar-refractivity contribution in [2.75, 3.05) is 36.5 Å². The van der Waals surface area contributed by atoms with E-state index in [-0.39, 0.29) is 5.91 Å². The van der Waals surface area contributed by atoms with E-state index in [2.05, 4.69) is 23.2 Å². The van der Waals surface area contributed by atoms with Crippen molar-refractivity contribution in [3.05, 3.63) is 46.5 Å². The van der Waals surface area contributed by atoms with Crippen LogP contribution in [0.25, 0.3) is 0 Å². The predicted octanol–water partition coefficient (Wildman–Crippen LogP) is 3.75. The molecule has 0 unspecified atom stereocenters. The zero-order chi connectivity index (χ0) is 17.4. The zero-order valence-corrected chi connectivity index (χ0v) is 14.7. The molecule has 2 aromatic rings. The van der Waals surface area contributed by atoms with Gasteiger partial charge in [-0.2, -0.15) is 0 Å². The maximum Gasteiger partial charge on any atom is 0.255 e. The van der Waals surface area contributed by atoms with Crippen LogP contribution in [0, 0.1) is 0 Å². The normalized spacial score (nSPS) is 15.0. The zero-order valence-electron chi connectivity index (χ0n) is 14.0. The monoisotopic (exact) mass is 358 g/mol. The van der Waals surface area contributed by atoms with E-state index in [0.29, 0.717) is 35.3 Å². The Morgan fingerprint density at radius 2 is 2.08 bits per heavy atom. The number of ether oxygens (including phenoxy) is 2. The minimum Gasteiger partial charge on any atom is -0.486 e. The van der Waals surface area contributed by atoms with E-state index in [1.165, 1.54) is 11.3 Å². The Hall–Kier alpha value is -2.40. The van der Waals surface area contributed by atoms with Gasteiger partial charge in [-0.15, -0.1) is 0 Å². The molecule has 0 aliphatic carbocycles. The highest BCUT2D eigenvalue weighted by atomic mass is 35.5. The Bertz CT molecular complexity index is 838. The first-order valence-electron chi connectivity index (χ1n) is 8.44. The summed E-state index contributed by atoms with van der Waals surface area (Å²) in [5.74, 6) is 0.787. The number of halogens is 1. The molecule has 130 valence electrons. The summed E-state index contributed by atoms with van der Waals surface area (Å²) in [6.45, 7) is 5.04. The van der Waals surface area contributed by atoms with Gasteiger partial charge >= 0.3 is 0 Å². The largest absolute Gasteiger partial charge is 0.486 e. The van der Waals surface area contributed by atoms with Gasteiger partial charge in [-0.1, -0.05) is 17.7 Å². The van der Waals surface area contributed by atoms with E-state index in [1.807, 2.05) is 12.1 Å². The number of rotatable bonds is 3. The lowest BCUT2D eigenvalue weighted by Gasteiger charge is -2.20. The molecule has 5 nitrogen and oxygen atoms in total. The predicted molar refractivity (Wildman–Crippen MR) is 98.4 cm³/mol. The van der Waals surface area contributed by atoms with Crippen LogP contribution in [0.3, 0.4) is 0 Å². The van der Waals surface area contributed by atoms with Gasteiger partial charge in [0.15, 0.2) is 11.5 Å². The standard InChI is InChI=1S/C19H19ClN2O3/c1-2-22-6-5-12-3-4-14(11-16(12)22)21-19(23)13-9-15(20)18-17(10-13)24-7-8-25-18/h3-4,9-11H,2,5-8H2,1H3,(H,21,23). The fourth-order valence-electron chi connectivity index (χ4n) is 3.30. The van der Waals surface area contributed by atoms with Crippen molar-refractivity contribution in [1.29, 1.82) is 0 Å². The van der Waals surface area contributed by atoms with Crippen LogP contribution in [0.15, 0.2) is 30.3 Å². The van der Waals surface area contributed by atoms with Crippen LogP contribution in [0.4, 0.5) is 11.4 Å². The summed E-state index contributed by atoms with van der Waals surface area (Å²) in [7, 11) is 0. The first kappa shape index (κ1) is 16.1. The molecule has 0 atom stereocenters. The number of hydrogen-bond donors (Lipinski definition) is 1. The van der Waals surface area contributed by atoms with Crippen molar-refractivity contribution in [3.63, 3.8) is 0 Å². The molecule has 1 N–H and O–H groups in total. The number of fused-ring (bicyclic) bond motifs is 2. The molecule has 0 spiro atoms. The summed E-state index contributed by atoms with van der Waals surface area (Å²) >= 11 is 6.22. The lowest BCUT2D eigenvalue weighted by molar-refractivity contribution is 0.102. The van der Waals surface area contributed by atoms with E-state index in [9.17, 15) is 4.79 Å². The molecule has 0 aromatic heterocycles. The fourth-order valence-corrected chi connectivity index (χ4v) is 3.56. The number of anilines is 2. The van der Waals surface area contributed by atoms with Gasteiger partial charge in [-0.05, 0) is 43.2 Å². The second-order valence-electron chi connectivity index (χ2n) is 6.11. The van der Waals surface area contributed by atoms with Crippen LogP contribution in [0.1, 0.15) is 22.8 Å². The van der Waals surface area contributed by atoms with Crippen LogP contribution in [-0.2, 0) is 6.42 Å². The molecule has 25 heavy (non-hydrogen) atoms. The van der Waals surface area contributed by atoms with Gasteiger partial charge in [0.2, 0.25) is 0 Å². The third kappa shape index (κ3) is 3.00. The van der Waals surface area contributed by atoms with E-state index in [4.69, 9.17) is 21.1 Å². The van der Waals surface area contributed by atoms with E-state index in [1.54, 1.807) is 12.1 Å². The number of amides is 1. The number of likely N-dealkylation sites (N-methyl/N-ethyl adjacent to an activating group) is 1. The van der Waals surface area contributed by atoms with Gasteiger partial charge in [0.25, 0.3) is 5.91 Å². The molecule has 0 saturated heterocycles. The van der Waals surface area contributed by atoms with Crippen LogP contribution in [0.5, 0.6) is 11.5 Å². The number of nitrogens with zero attached hydrogens (tertiary/aromatic N) is 1. The molecular formula is C19H19ClN2O3. The quantitative estimate of drug-likeness (QED) is 0.908. The van der Waals surface area contributed by atoms with E-state index < -0.39 is 0 Å². The highest BCUT2D eigenvalue weighted by Gasteiger charge is 2.21. The molecular weight excluding hydrogens is 340 g/mol. The van der Waals surface area contributed by atoms with Crippen LogP contribution >= 0.6 is 11.6 Å². The van der Waals surface area contributed by atoms with Crippen molar-refractivity contribution in [1.82, 2.24) is 0 Å². The van der Waals surface area contributed by atoms with Crippen LogP contribution in [0.2, 0.25) is 5.02 Å². The first-order valence-corrected chi connectivity index (χ1v) is 8.82. The lowest BCUT2D eigenvalue weighted by atomic mass is 10.1. The van der Waals surface area contributed by atoms with E-state index in [0.717, 1.165) is 25.2 Å². The van der Waals surface area contributed by atoms with Gasteiger partial charge in [0, 0.05) is 30.0 Å². The minimum absolute atomic E-state index is 0.222. The fraction of sp³-hybridized carbons (Fsp3) is 0.316. The average molecular weight is 359 g/mol. The highest BCUT2D eigenvalue weighted by molar-refractivity contribution is 6.32. The van der Waals surface area contributed by atoms with Gasteiger partial charge in [0.1, 0.15) is 13.2 Å². The lowest BCUT2D eigenvalue weighted by Crippen LogP contribution is -2.19. The molecule has 4 rings (SSSR count). The van der Waals surface area contributed by atoms with Crippen molar-refractivity contribution < 1.29 is 14.3 Å². The summed E-state index contributed by atoms with van der Waals surface area (Å²) in [6.07, 6.45) is 1.05. The molecule has 2 heterocycles. The van der Waals surface area contributed by atoms with Crippen LogP contribution in [-0.4, -0.2) is 32.2 Å². The number of hydrogen-bond acceptors (Lipinski definition) is 4. The van der Waals surface area contributed by atoms with Crippen molar-refractivity contribution in [3.8, 4) is 11.5 Å². The molecule has 2 aliphatic rings. The van der Waals surface area contributed by atoms with E-state index >= 15 is 0 Å². The topological polar surface area (TPSA) is 50.8 Å². The SMILES string of the molecule is CCN1CCc2ccc(NC(=O)c3cc(Cl)c4c(c3)OCCO4)cc21. The molecule has 0 radical (unpaired) electrons. The Balaban J connectivity index is 1.58. The van der Waals surface area contributed by atoms with Crippen molar-refractivity contribution >= 4 is 28.9 Å². The van der Waals surface area contributed by atoms with Gasteiger partial charge in [0.05, 0.1) is 5.02 Å². The average Bonchev–Trinajstić information content (AvgIpc) is 3.04. The molecule has 6 heteroatoms. The van der Waals surface area contributed by atoms with Gasteiger partial charge in [-0.3, -0.25) is 4.79 Å². The van der Waals surface area contributed by atoms with Gasteiger partial charge in [-0.25, -0.2) is 0 Å². The summed E-state index contributed by atoms with van der Waals surface area (Å²) < 4.78 is 11.0. The second kappa shape index (κ2) is 6.48. The highest BCUT2D eigenvalue weighted by Crippen LogP contribution is 2.38. The Morgan fingerprint density at radius 1 is 1.24 bits per heavy atom. The number of carbonyl (C=O) groups excluding carboxylic acids is 1. The van der Waals surface area contributed by atoms with Crippen molar-refractivity contribution in [2.45, 2.75) is 13.3 Å². The Labute approximate surface area is 151 Å². The molecule has 0 bridgehead atoms. The molecule has 2 aromatic carbocycles. The summed E-state index contributed by atoms with van der Waals surface area (Å²) in [6, 6.07) is 9.33. The number of nitrogens with one attached hydrogen (secondary N) is 1. The van der Waals surface area contributed by atoms with Crippen molar-refractivity contribution in [2.24, 2.45) is 0 Å². The molecule has 0 fully saturated rings. The maximum atomic E-state index is 12.6. The van der Waals surface area contributed by atoms with Crippen LogP contribution < -0.4 is 19.7 Å². The van der Waals surface area contributed by atoms with Gasteiger partial charge < -0.3 is 19.7 Å². The molecule has 1 amide bonds. The summed E-state index contributed by atoms with van der Waals surface area (Å²) in [4.78, 5) is 14.9. The maximum absolute atomic E-state index is 12.6. The minimum atomic E-state index is -0.222. The Kier molecular flexibility index (Phi) is 4.17. The third-order valence-electron chi connectivity index (χ3n) is 4.58. The Morgan fingerprint density at radius 3 is 2.92 bits per heavy atom. The number of benzene rings is 2. The second-order valence-corrected chi connectivity index (χ2v) is 6.52. The molecule has 0 saturated carbocycles. The smallest absolute Gasteiger partial charge is 0.255 e. The third-order valence-corrected chi connectivity index (χ3v) is 4.86. The summed E-state index contributed by atoms with van der Waals surface area (Å²) in [5.41, 5.74) is 3.74. The molecule has 2 aliphatic heterocycles. The number of carbonyl (C=O) groups is 1.